The fourth-order valence-corrected chi connectivity index (χ4v) is 8.56. The van der Waals surface area contributed by atoms with Crippen molar-refractivity contribution in [2.45, 2.75) is 278 Å². The van der Waals surface area contributed by atoms with Crippen molar-refractivity contribution in [3.05, 3.63) is 28.0 Å². The molecule has 0 atom stereocenters. The molecule has 0 heterocycles. The molecule has 6 heteroatoms. The number of nitrogens with zero attached hydrogens (tertiary/aromatic N) is 2. The van der Waals surface area contributed by atoms with Crippen LogP contribution in [0.15, 0.2) is 12.7 Å². The number of carbonyl (C=O) groups is 1. The predicted octanol–water partition coefficient (Wildman–Crippen LogP) is 17.0. The van der Waals surface area contributed by atoms with Crippen LogP contribution in [0.5, 0.6) is 0 Å². The minimum absolute atomic E-state index is 0.212. The van der Waals surface area contributed by atoms with Crippen LogP contribution in [0.1, 0.15) is 278 Å². The Morgan fingerprint density at radius 1 is 0.393 bits per heavy atom. The first-order valence-corrected chi connectivity index (χ1v) is 25.2. The normalized spacial score (nSPS) is 11.4. The molecule has 0 rings (SSSR count). The highest BCUT2D eigenvalue weighted by Gasteiger charge is 2.25. The third-order valence-electron chi connectivity index (χ3n) is 12.2. The molecule has 0 bridgehead atoms. The molecule has 0 amide bonds. The maximum Gasteiger partial charge on any atom is 0.155 e. The summed E-state index contributed by atoms with van der Waals surface area (Å²) in [5.74, 6) is 0.212. The first-order valence-electron chi connectivity index (χ1n) is 25.2. The first-order chi connectivity index (χ1) is 27.4. The highest BCUT2D eigenvalue weighted by Crippen LogP contribution is 2.22. The molecule has 0 saturated heterocycles. The van der Waals surface area contributed by atoms with Gasteiger partial charge in [-0.3, -0.25) is 4.79 Å². The lowest BCUT2D eigenvalue weighted by Gasteiger charge is -2.40. The summed E-state index contributed by atoms with van der Waals surface area (Å²) in [6, 6.07) is 0. The van der Waals surface area contributed by atoms with Crippen molar-refractivity contribution < 1.29 is 14.4 Å². The van der Waals surface area contributed by atoms with Gasteiger partial charge in [-0.15, -0.1) is 0 Å². The van der Waals surface area contributed by atoms with Gasteiger partial charge in [-0.2, -0.15) is 0 Å². The van der Waals surface area contributed by atoms with E-state index in [1.807, 2.05) is 0 Å². The van der Waals surface area contributed by atoms with E-state index in [-0.39, 0.29) is 5.78 Å². The molecule has 56 heavy (non-hydrogen) atoms. The van der Waals surface area contributed by atoms with Crippen molar-refractivity contribution in [1.29, 1.82) is 0 Å². The van der Waals surface area contributed by atoms with Gasteiger partial charge in [0.05, 0.1) is 31.3 Å². The van der Waals surface area contributed by atoms with Crippen LogP contribution in [0.25, 0.3) is 0 Å². The van der Waals surface area contributed by atoms with Crippen molar-refractivity contribution in [3.63, 3.8) is 0 Å². The van der Waals surface area contributed by atoms with Crippen LogP contribution in [0.3, 0.4) is 0 Å². The predicted molar refractivity (Wildman–Crippen MR) is 247 cm³/mol. The Kier molecular flexibility index (Phi) is 48.5. The topological polar surface area (TPSA) is 83.3 Å². The standard InChI is InChI=1S/C50H100NO.NO3/c1-5-9-12-15-18-21-26-31-36-41-46-51(47-42-37-32-27-22-19-16-13-10-6-2,48-43-38-33-28-23-20-17-14-11-7-3)49-44-39-34-29-24-25-30-35-40-45-50(52)8-4;2-1(3)4/h8H,4-7,9-49H2,1-3H3;/q+1;-1. The molecule has 0 fully saturated rings. The molecule has 0 unspecified atom stereocenters. The van der Waals surface area contributed by atoms with E-state index in [1.165, 1.54) is 281 Å². The Morgan fingerprint density at radius 2 is 0.571 bits per heavy atom. The van der Waals surface area contributed by atoms with Gasteiger partial charge in [0.1, 0.15) is 0 Å². The molecule has 0 aromatic carbocycles. The highest BCUT2D eigenvalue weighted by molar-refractivity contribution is 5.88. The summed E-state index contributed by atoms with van der Waals surface area (Å²) in [6.45, 7) is 16.4. The fourth-order valence-electron chi connectivity index (χ4n) is 8.56. The lowest BCUT2D eigenvalue weighted by Crippen LogP contribution is -2.50. The number of unbranched alkanes of at least 4 members (excludes halogenated alkanes) is 35. The van der Waals surface area contributed by atoms with Crippen molar-refractivity contribution >= 4 is 5.78 Å². The second-order valence-corrected chi connectivity index (χ2v) is 17.6. The molecule has 0 N–H and O–H groups in total. The molecule has 6 nitrogen and oxygen atoms in total. The van der Waals surface area contributed by atoms with E-state index >= 15 is 0 Å². The summed E-state index contributed by atoms with van der Waals surface area (Å²) in [6.07, 6.45) is 57.7. The Morgan fingerprint density at radius 3 is 0.768 bits per heavy atom. The van der Waals surface area contributed by atoms with Crippen molar-refractivity contribution in [2.75, 3.05) is 26.2 Å². The molecule has 0 aromatic heterocycles. The summed E-state index contributed by atoms with van der Waals surface area (Å²) in [5.41, 5.74) is 0. The summed E-state index contributed by atoms with van der Waals surface area (Å²) in [4.78, 5) is 19.7. The SMILES string of the molecule is C=CC(=O)CCCCCCCCCCC[N+](CCCCCCCCCCCC)(CCCCCCCCCCCC)CCCCCCCCCCCC.O=[N+]([O-])[O-]. The van der Waals surface area contributed by atoms with Gasteiger partial charge in [0.15, 0.2) is 5.78 Å². The zero-order chi connectivity index (χ0) is 41.5. The molecule has 0 saturated carbocycles. The number of hydrogen-bond donors (Lipinski definition) is 0. The zero-order valence-corrected chi connectivity index (χ0v) is 38.4. The Hall–Kier alpha value is -1.43. The van der Waals surface area contributed by atoms with Crippen LogP contribution in [0, 0.1) is 15.3 Å². The second kappa shape index (κ2) is 47.9. The number of ketones is 1. The highest BCUT2D eigenvalue weighted by atomic mass is 16.9. The van der Waals surface area contributed by atoms with Gasteiger partial charge >= 0.3 is 0 Å². The lowest BCUT2D eigenvalue weighted by atomic mass is 10.0. The number of allylic oxidation sites excluding steroid dienone is 1. The van der Waals surface area contributed by atoms with Crippen molar-refractivity contribution in [2.24, 2.45) is 0 Å². The fraction of sp³-hybridized carbons (Fsp3) is 0.940. The smallest absolute Gasteiger partial charge is 0.155 e. The molecule has 0 aliphatic rings. The molecular weight excluding hydrogens is 693 g/mol. The van der Waals surface area contributed by atoms with Gasteiger partial charge in [0.25, 0.3) is 0 Å². The van der Waals surface area contributed by atoms with E-state index in [0.29, 0.717) is 6.42 Å². The molecule has 0 aliphatic heterocycles. The van der Waals surface area contributed by atoms with Crippen molar-refractivity contribution in [3.8, 4) is 0 Å². The summed E-state index contributed by atoms with van der Waals surface area (Å²) in [5, 5.41) is 14.8. The molecular formula is C50H100N2O4. The van der Waals surface area contributed by atoms with E-state index in [9.17, 15) is 4.79 Å². The third-order valence-corrected chi connectivity index (χ3v) is 12.2. The number of rotatable bonds is 46. The minimum Gasteiger partial charge on any atom is -0.356 e. The number of hydrogen-bond acceptors (Lipinski definition) is 4. The average Bonchev–Trinajstić information content (AvgIpc) is 3.18. The third kappa shape index (κ3) is 46.9. The van der Waals surface area contributed by atoms with E-state index in [2.05, 4.69) is 27.4 Å². The van der Waals surface area contributed by atoms with Gasteiger partial charge in [0, 0.05) is 6.42 Å². The van der Waals surface area contributed by atoms with Gasteiger partial charge in [-0.25, -0.2) is 0 Å². The van der Waals surface area contributed by atoms with Gasteiger partial charge in [0.2, 0.25) is 0 Å². The monoisotopic (exact) mass is 793 g/mol. The average molecular weight is 793 g/mol. The van der Waals surface area contributed by atoms with Crippen LogP contribution in [0.2, 0.25) is 0 Å². The molecule has 0 radical (unpaired) electrons. The van der Waals surface area contributed by atoms with Crippen LogP contribution in [-0.4, -0.2) is 41.5 Å². The van der Waals surface area contributed by atoms with E-state index in [4.69, 9.17) is 15.3 Å². The second-order valence-electron chi connectivity index (χ2n) is 17.6. The van der Waals surface area contributed by atoms with E-state index < -0.39 is 5.09 Å². The Labute approximate surface area is 350 Å². The van der Waals surface area contributed by atoms with Crippen molar-refractivity contribution in [1.82, 2.24) is 0 Å². The molecule has 0 aliphatic carbocycles. The lowest BCUT2D eigenvalue weighted by molar-refractivity contribution is -0.929. The Balaban J connectivity index is 0. The zero-order valence-electron chi connectivity index (χ0n) is 38.4. The quantitative estimate of drug-likeness (QED) is 0.0202. The van der Waals surface area contributed by atoms with Gasteiger partial charge in [-0.05, 0) is 63.9 Å². The van der Waals surface area contributed by atoms with Gasteiger partial charge in [-0.1, -0.05) is 220 Å². The number of carbonyl (C=O) groups excluding carboxylic acids is 1. The van der Waals surface area contributed by atoms with E-state index in [0.717, 1.165) is 6.42 Å². The molecule has 0 aromatic rings. The van der Waals surface area contributed by atoms with Gasteiger partial charge < -0.3 is 19.8 Å². The van der Waals surface area contributed by atoms with E-state index in [1.54, 1.807) is 0 Å². The maximum absolute atomic E-state index is 11.4. The summed E-state index contributed by atoms with van der Waals surface area (Å²) >= 11 is 0. The van der Waals surface area contributed by atoms with Crippen LogP contribution in [0.4, 0.5) is 0 Å². The maximum atomic E-state index is 11.4. The number of quaternary nitrogens is 1. The van der Waals surface area contributed by atoms with Crippen LogP contribution >= 0.6 is 0 Å². The van der Waals surface area contributed by atoms with Crippen LogP contribution < -0.4 is 0 Å². The largest absolute Gasteiger partial charge is 0.356 e. The molecule has 0 spiro atoms. The molecule has 334 valence electrons. The Bertz CT molecular complexity index is 740. The first kappa shape index (κ1) is 56.7. The summed E-state index contributed by atoms with van der Waals surface area (Å²) in [7, 11) is 0. The van der Waals surface area contributed by atoms with Crippen LogP contribution in [-0.2, 0) is 4.79 Å². The summed E-state index contributed by atoms with van der Waals surface area (Å²) < 4.78 is 1.45. The minimum atomic E-state index is -1.75.